The zero-order valence-electron chi connectivity index (χ0n) is 38.4. The largest absolute Gasteiger partial charge is 0.481 e. The number of amides is 1. The van der Waals surface area contributed by atoms with Gasteiger partial charge in [-0.3, -0.25) is 43.0 Å². The number of hydrogen-bond acceptors (Lipinski definition) is 20. The number of aliphatic carboxylic acids is 2. The molecular weight excluding hydrogens is 931 g/mol. The summed E-state index contributed by atoms with van der Waals surface area (Å²) in [6, 6.07) is -2.88. The Morgan fingerprint density at radius 1 is 0.897 bits per heavy atom. The molecule has 1 amide bonds. The molecule has 9 N–H and O–H groups in total. The maximum Gasteiger partial charge on any atom is 0.397 e. The molecule has 26 nitrogen and oxygen atoms in total. The molecule has 0 saturated carbocycles. The highest BCUT2D eigenvalue weighted by molar-refractivity contribution is 7.80. The topological polar surface area (TPSA) is 384 Å². The standard InChI is InChI=1S/C41H65N5O21S/c1-20(2)11-9-7-6-8-10-12-22(62-27(50)16-21(3)15-26(48)49)17-28(51)63-24-19-44(4)30(37(55)45(5)29(24)39(56)57)34(66-40-36(67-68(59,60)61)31(52)23(18-42)64-40)35-32(53)33(54)38(65-35)46-14-13-25(47)43-41(46)58/h13-14,20-24,29-36,38,40,52-54H,6-12,15-19,42H2,1-5H3,(H,48,49)(H,56,57)(H,43,47,58)(H,59,60,61)/t21?,22?,23-,24+,29+,30+,31-,32+,33-,34+,35+,36-,38-,40+/m1/s1. The number of nitrogens with zero attached hydrogens (tertiary/aromatic N) is 3. The van der Waals surface area contributed by atoms with Gasteiger partial charge in [-0.2, -0.15) is 8.42 Å². The van der Waals surface area contributed by atoms with E-state index in [9.17, 15) is 67.0 Å². The maximum atomic E-state index is 14.6. The summed E-state index contributed by atoms with van der Waals surface area (Å²) in [5, 5.41) is 53.3. The molecule has 0 radical (unpaired) electrons. The Morgan fingerprint density at radius 3 is 2.13 bits per heavy atom. The molecule has 0 aromatic carbocycles. The molecule has 0 spiro atoms. The lowest BCUT2D eigenvalue weighted by molar-refractivity contribution is -0.230. The first-order valence-corrected chi connectivity index (χ1v) is 23.7. The fourth-order valence-electron chi connectivity index (χ4n) is 8.60. The average molecular weight is 996 g/mol. The number of nitrogens with two attached hydrogens (primary N) is 1. The molecule has 27 heteroatoms. The highest BCUT2D eigenvalue weighted by Gasteiger charge is 2.58. The number of unbranched alkanes of at least 4 members (excludes halogenated alkanes) is 4. The van der Waals surface area contributed by atoms with Crippen LogP contribution in [0.2, 0.25) is 0 Å². The minimum absolute atomic E-state index is 0.206. The van der Waals surface area contributed by atoms with Gasteiger partial charge < -0.3 is 59.9 Å². The number of nitrogens with one attached hydrogen (secondary N) is 1. The van der Waals surface area contributed by atoms with E-state index in [0.29, 0.717) is 21.8 Å². The van der Waals surface area contributed by atoms with Crippen molar-refractivity contribution in [2.45, 2.75) is 165 Å². The average Bonchev–Trinajstić information content (AvgIpc) is 3.64. The number of hydrogen-bond donors (Lipinski definition) is 8. The van der Waals surface area contributed by atoms with Gasteiger partial charge in [0.15, 0.2) is 24.7 Å². The van der Waals surface area contributed by atoms with Crippen molar-refractivity contribution in [3.8, 4) is 0 Å². The van der Waals surface area contributed by atoms with Crippen molar-refractivity contribution in [3.63, 3.8) is 0 Å². The van der Waals surface area contributed by atoms with Crippen LogP contribution in [0.15, 0.2) is 21.9 Å². The first-order valence-electron chi connectivity index (χ1n) is 22.3. The number of likely N-dealkylation sites (N-methyl/N-ethyl adjacent to an activating group) is 2. The number of esters is 2. The lowest BCUT2D eigenvalue weighted by Crippen LogP contribution is -2.60. The van der Waals surface area contributed by atoms with Crippen LogP contribution in [-0.4, -0.2) is 188 Å². The Labute approximate surface area is 391 Å². The molecular formula is C41H65N5O21S. The fourth-order valence-corrected chi connectivity index (χ4v) is 9.08. The minimum Gasteiger partial charge on any atom is -0.481 e. The quantitative estimate of drug-likeness (QED) is 0.0301. The lowest BCUT2D eigenvalue weighted by Gasteiger charge is -2.38. The fraction of sp³-hybridized carbons (Fsp3) is 0.780. The number of carbonyl (C=O) groups excluding carboxylic acids is 3. The minimum atomic E-state index is -5.36. The summed E-state index contributed by atoms with van der Waals surface area (Å²) in [6.45, 7) is 4.72. The third-order valence-corrected chi connectivity index (χ3v) is 12.4. The number of carbonyl (C=O) groups is 5. The molecule has 1 aromatic rings. The number of carboxylic acids is 2. The van der Waals surface area contributed by atoms with Crippen LogP contribution in [0.1, 0.15) is 91.2 Å². The summed E-state index contributed by atoms with van der Waals surface area (Å²) in [5.41, 5.74) is 3.78. The van der Waals surface area contributed by atoms with Crippen molar-refractivity contribution in [2.75, 3.05) is 27.2 Å². The molecule has 1 aromatic heterocycles. The van der Waals surface area contributed by atoms with Crippen molar-refractivity contribution in [1.82, 2.24) is 19.4 Å². The molecule has 4 rings (SSSR count). The van der Waals surface area contributed by atoms with E-state index >= 15 is 0 Å². The van der Waals surface area contributed by atoms with E-state index in [0.717, 1.165) is 56.3 Å². The second-order valence-corrected chi connectivity index (χ2v) is 19.0. The number of aromatic nitrogens is 2. The molecule has 386 valence electrons. The molecule has 4 heterocycles. The van der Waals surface area contributed by atoms with Gasteiger partial charge in [0.05, 0.1) is 6.42 Å². The second kappa shape index (κ2) is 24.9. The summed E-state index contributed by atoms with van der Waals surface area (Å²) in [7, 11) is -3.07. The number of aliphatic hydroxyl groups is 3. The Morgan fingerprint density at radius 2 is 1.54 bits per heavy atom. The van der Waals surface area contributed by atoms with E-state index in [1.165, 1.54) is 7.05 Å². The maximum absolute atomic E-state index is 14.6. The van der Waals surface area contributed by atoms with Crippen molar-refractivity contribution in [1.29, 1.82) is 0 Å². The number of ether oxygens (including phenoxy) is 5. The molecule has 3 aliphatic rings. The van der Waals surface area contributed by atoms with Gasteiger partial charge in [0.1, 0.15) is 54.9 Å². The van der Waals surface area contributed by atoms with Gasteiger partial charge in [0.2, 0.25) is 5.91 Å². The van der Waals surface area contributed by atoms with Crippen LogP contribution in [0.4, 0.5) is 0 Å². The van der Waals surface area contributed by atoms with Crippen LogP contribution in [0.25, 0.3) is 0 Å². The monoisotopic (exact) mass is 995 g/mol. The van der Waals surface area contributed by atoms with Gasteiger partial charge in [-0.05, 0) is 31.7 Å². The smallest absolute Gasteiger partial charge is 0.397 e. The Hall–Kier alpha value is -4.42. The van der Waals surface area contributed by atoms with Gasteiger partial charge in [-0.1, -0.05) is 52.9 Å². The van der Waals surface area contributed by atoms with Gasteiger partial charge in [-0.15, -0.1) is 0 Å². The van der Waals surface area contributed by atoms with Crippen LogP contribution in [0, 0.1) is 11.8 Å². The molecule has 0 aliphatic carbocycles. The molecule has 14 atom stereocenters. The molecule has 3 aliphatic heterocycles. The molecule has 0 bridgehead atoms. The van der Waals surface area contributed by atoms with Crippen LogP contribution >= 0.6 is 0 Å². The van der Waals surface area contributed by atoms with Crippen molar-refractivity contribution in [3.05, 3.63) is 33.1 Å². The van der Waals surface area contributed by atoms with E-state index in [1.54, 1.807) is 6.92 Å². The predicted molar refractivity (Wildman–Crippen MR) is 230 cm³/mol. The Kier molecular flexibility index (Phi) is 20.6. The Balaban J connectivity index is 1.67. The first-order chi connectivity index (χ1) is 31.8. The number of rotatable bonds is 25. The van der Waals surface area contributed by atoms with Crippen molar-refractivity contribution >= 4 is 40.2 Å². The summed E-state index contributed by atoms with van der Waals surface area (Å²) >= 11 is 0. The SMILES string of the molecule is CC(C)CCCCCCCC(CC(=O)O[C@H]1CN(C)[C@@H]([C@H](O[C@@H]2O[C@H](CN)[C@@H](O)[C@H]2OS(=O)(=O)O)[C@H]2O[C@@H](n3ccc(=O)[nH]c3=O)[C@H](O)[C@@H]2O)C(=O)N(C)[C@@H]1C(=O)O)OC(=O)CC(C)CC(=O)O. The van der Waals surface area contributed by atoms with Crippen LogP contribution in [0.3, 0.4) is 0 Å². The summed E-state index contributed by atoms with van der Waals surface area (Å²) in [6.07, 6.45) is -14.9. The second-order valence-electron chi connectivity index (χ2n) is 18.0. The van der Waals surface area contributed by atoms with Crippen molar-refractivity contribution < 1.29 is 90.3 Å². The third kappa shape index (κ3) is 15.3. The zero-order valence-corrected chi connectivity index (χ0v) is 39.3. The third-order valence-electron chi connectivity index (χ3n) is 12.0. The lowest BCUT2D eigenvalue weighted by atomic mass is 9.97. The van der Waals surface area contributed by atoms with E-state index in [4.69, 9.17) is 34.5 Å². The van der Waals surface area contributed by atoms with E-state index in [2.05, 4.69) is 18.0 Å². The number of H-pyrrole nitrogens is 1. The summed E-state index contributed by atoms with van der Waals surface area (Å²) < 4.78 is 67.9. The van der Waals surface area contributed by atoms with Crippen LogP contribution in [-0.2, 0) is 62.2 Å². The zero-order chi connectivity index (χ0) is 50.8. The van der Waals surface area contributed by atoms with Gasteiger partial charge in [-0.25, -0.2) is 13.8 Å². The molecule has 68 heavy (non-hydrogen) atoms. The predicted octanol–water partition coefficient (Wildman–Crippen LogP) is -1.90. The van der Waals surface area contributed by atoms with Crippen LogP contribution < -0.4 is 17.0 Å². The summed E-state index contributed by atoms with van der Waals surface area (Å²) in [4.78, 5) is 94.0. The highest BCUT2D eigenvalue weighted by atomic mass is 32.3. The summed E-state index contributed by atoms with van der Waals surface area (Å²) in [5.74, 6) is -5.73. The van der Waals surface area contributed by atoms with Crippen LogP contribution in [0.5, 0.6) is 0 Å². The van der Waals surface area contributed by atoms with Gasteiger partial charge in [0.25, 0.3) is 5.56 Å². The van der Waals surface area contributed by atoms with E-state index in [1.807, 2.05) is 4.98 Å². The first kappa shape index (κ1) is 56.2. The highest BCUT2D eigenvalue weighted by Crippen LogP contribution is 2.37. The Bertz CT molecular complexity index is 2120. The molecule has 2 unspecified atom stereocenters. The van der Waals surface area contributed by atoms with Crippen molar-refractivity contribution in [2.24, 2.45) is 17.6 Å². The van der Waals surface area contributed by atoms with Gasteiger partial charge >= 0.3 is 40.0 Å². The normalized spacial score (nSPS) is 29.4. The van der Waals surface area contributed by atoms with Gasteiger partial charge in [0, 0.05) is 45.2 Å². The molecule has 3 fully saturated rings. The van der Waals surface area contributed by atoms with E-state index in [-0.39, 0.29) is 19.3 Å². The number of carboxylic acid groups (broad SMARTS) is 2. The number of aromatic amines is 1. The molecule has 3 saturated heterocycles. The number of aliphatic hydroxyl groups excluding tert-OH is 3. The van der Waals surface area contributed by atoms with E-state index < -0.39 is 156 Å².